The van der Waals surface area contributed by atoms with Gasteiger partial charge in [0.2, 0.25) is 17.7 Å². The number of fused-ring (bicyclic) bond motifs is 1. The Morgan fingerprint density at radius 1 is 1.19 bits per heavy atom. The molecule has 6 atom stereocenters. The maximum Gasteiger partial charge on any atom is 0.247 e. The SMILES string of the molecule is C=CCN(C)C(=O)[C@H]1[C@H]2C(=O)N(CCO)C(C(=O)N(CC=C)C(C)(C)CC(C)(C)C)C23CC(Br)[C@@H]1S3. The fourth-order valence-corrected chi connectivity index (χ4v) is 10.5. The van der Waals surface area contributed by atoms with Crippen molar-refractivity contribution < 1.29 is 19.5 Å². The number of β-amino-alcohol motifs (C(OH)–C–C–N with tert-alkyl or cyclic N) is 1. The minimum Gasteiger partial charge on any atom is -0.395 e. The number of alkyl halides is 1. The summed E-state index contributed by atoms with van der Waals surface area (Å²) in [5, 5.41) is 9.78. The summed E-state index contributed by atoms with van der Waals surface area (Å²) >= 11 is 5.41. The second-order valence-corrected chi connectivity index (χ2v) is 14.9. The highest BCUT2D eigenvalue weighted by Gasteiger charge is 2.76. The highest BCUT2D eigenvalue weighted by molar-refractivity contribution is 9.09. The van der Waals surface area contributed by atoms with Gasteiger partial charge in [-0.3, -0.25) is 14.4 Å². The van der Waals surface area contributed by atoms with Crippen molar-refractivity contribution in [3.8, 4) is 0 Å². The van der Waals surface area contributed by atoms with Gasteiger partial charge in [0.1, 0.15) is 6.04 Å². The van der Waals surface area contributed by atoms with Gasteiger partial charge in [0.25, 0.3) is 0 Å². The van der Waals surface area contributed by atoms with E-state index in [-0.39, 0.29) is 46.4 Å². The first kappa shape index (κ1) is 29.2. The molecule has 3 unspecified atom stereocenters. The topological polar surface area (TPSA) is 81.2 Å². The minimum absolute atomic E-state index is 0.0115. The smallest absolute Gasteiger partial charge is 0.247 e. The lowest BCUT2D eigenvalue weighted by Gasteiger charge is -2.46. The summed E-state index contributed by atoms with van der Waals surface area (Å²) in [7, 11) is 1.73. The lowest BCUT2D eigenvalue weighted by Crippen LogP contribution is -2.60. The van der Waals surface area contributed by atoms with E-state index in [4.69, 9.17) is 0 Å². The van der Waals surface area contributed by atoms with Crippen molar-refractivity contribution >= 4 is 45.4 Å². The third-order valence-corrected chi connectivity index (χ3v) is 10.9. The molecule has 9 heteroatoms. The van der Waals surface area contributed by atoms with Crippen LogP contribution < -0.4 is 0 Å². The predicted octanol–water partition coefficient (Wildman–Crippen LogP) is 3.32. The van der Waals surface area contributed by atoms with Crippen LogP contribution in [-0.4, -0.2) is 97.2 Å². The van der Waals surface area contributed by atoms with Crippen molar-refractivity contribution in [3.63, 3.8) is 0 Å². The van der Waals surface area contributed by atoms with Crippen molar-refractivity contribution in [2.45, 2.75) is 73.9 Å². The van der Waals surface area contributed by atoms with E-state index >= 15 is 0 Å². The van der Waals surface area contributed by atoms with Gasteiger partial charge >= 0.3 is 0 Å². The van der Waals surface area contributed by atoms with Crippen molar-refractivity contribution in [1.82, 2.24) is 14.7 Å². The van der Waals surface area contributed by atoms with Crippen molar-refractivity contribution in [3.05, 3.63) is 25.3 Å². The highest BCUT2D eigenvalue weighted by atomic mass is 79.9. The molecule has 3 heterocycles. The van der Waals surface area contributed by atoms with Crippen LogP contribution in [0.4, 0.5) is 0 Å². The van der Waals surface area contributed by atoms with Crippen LogP contribution >= 0.6 is 27.7 Å². The lowest BCUT2D eigenvalue weighted by atomic mass is 9.70. The Morgan fingerprint density at radius 2 is 1.81 bits per heavy atom. The molecule has 0 aromatic carbocycles. The Bertz CT molecular complexity index is 919. The molecule has 0 aromatic heterocycles. The summed E-state index contributed by atoms with van der Waals surface area (Å²) in [4.78, 5) is 47.0. The number of aliphatic hydroxyl groups is 1. The molecule has 36 heavy (non-hydrogen) atoms. The van der Waals surface area contributed by atoms with E-state index < -0.39 is 28.2 Å². The zero-order chi connectivity index (χ0) is 27.2. The number of rotatable bonds is 10. The number of likely N-dealkylation sites (tertiary alicyclic amines) is 1. The Morgan fingerprint density at radius 3 is 2.33 bits per heavy atom. The van der Waals surface area contributed by atoms with E-state index in [1.807, 2.05) is 4.90 Å². The van der Waals surface area contributed by atoms with Crippen LogP contribution in [0.3, 0.4) is 0 Å². The Balaban J connectivity index is 2.09. The molecule has 0 radical (unpaired) electrons. The van der Waals surface area contributed by atoms with E-state index in [2.05, 4.69) is 63.7 Å². The van der Waals surface area contributed by atoms with Crippen molar-refractivity contribution in [2.75, 3.05) is 33.3 Å². The van der Waals surface area contributed by atoms with Gasteiger partial charge in [-0.15, -0.1) is 24.9 Å². The normalized spacial score (nSPS) is 31.4. The Hall–Kier alpha value is -1.32. The fraction of sp³-hybridized carbons (Fsp3) is 0.741. The number of hydrogen-bond donors (Lipinski definition) is 1. The molecule has 3 aliphatic heterocycles. The molecule has 3 aliphatic rings. The van der Waals surface area contributed by atoms with E-state index in [0.29, 0.717) is 19.5 Å². The van der Waals surface area contributed by atoms with Crippen LogP contribution in [0.25, 0.3) is 0 Å². The Labute approximate surface area is 228 Å². The number of aliphatic hydroxyl groups excluding tert-OH is 1. The third-order valence-electron chi connectivity index (χ3n) is 7.70. The molecular formula is C27H42BrN3O4S. The van der Waals surface area contributed by atoms with Crippen LogP contribution in [0.5, 0.6) is 0 Å². The fourth-order valence-electron chi connectivity index (χ4n) is 6.88. The molecule has 202 valence electrons. The Kier molecular flexibility index (Phi) is 8.48. The number of carbonyl (C=O) groups is 3. The molecule has 3 amide bonds. The largest absolute Gasteiger partial charge is 0.395 e. The molecular weight excluding hydrogens is 542 g/mol. The maximum atomic E-state index is 14.5. The maximum absolute atomic E-state index is 14.5. The van der Waals surface area contributed by atoms with Gasteiger partial charge in [0, 0.05) is 42.3 Å². The summed E-state index contributed by atoms with van der Waals surface area (Å²) in [5.41, 5.74) is -0.504. The van der Waals surface area contributed by atoms with E-state index in [1.54, 1.807) is 40.8 Å². The summed E-state index contributed by atoms with van der Waals surface area (Å²) in [6.45, 7) is 18.8. The number of amides is 3. The molecule has 3 rings (SSSR count). The van der Waals surface area contributed by atoms with Crippen LogP contribution in [0.15, 0.2) is 25.3 Å². The predicted molar refractivity (Wildman–Crippen MR) is 149 cm³/mol. The summed E-state index contributed by atoms with van der Waals surface area (Å²) < 4.78 is -0.727. The summed E-state index contributed by atoms with van der Waals surface area (Å²) in [6.07, 6.45) is 4.79. The molecule has 3 fully saturated rings. The van der Waals surface area contributed by atoms with Crippen LogP contribution in [-0.2, 0) is 14.4 Å². The number of likely N-dealkylation sites (N-methyl/N-ethyl adjacent to an activating group) is 1. The van der Waals surface area contributed by atoms with E-state index in [9.17, 15) is 19.5 Å². The molecule has 0 aromatic rings. The number of hydrogen-bond acceptors (Lipinski definition) is 5. The third kappa shape index (κ3) is 4.92. The molecule has 2 bridgehead atoms. The van der Waals surface area contributed by atoms with E-state index in [0.717, 1.165) is 6.42 Å². The summed E-state index contributed by atoms with van der Waals surface area (Å²) in [6, 6.07) is -0.751. The molecule has 0 aliphatic carbocycles. The number of thioether (sulfide) groups is 1. The standard InChI is InChI=1S/C27H42BrN3O4S/c1-9-11-29(8)22(33)18-19-23(34)30(13-14-32)21(27(19)15-17(28)20(18)36-27)24(35)31(12-10-2)26(6,7)16-25(3,4)5/h9-10,17-21,32H,1-2,11-16H2,3-8H3/t17?,18-,19-,20-,21?,27?/m0/s1. The van der Waals surface area contributed by atoms with Gasteiger partial charge in [-0.2, -0.15) is 0 Å². The van der Waals surface area contributed by atoms with Gasteiger partial charge in [0.15, 0.2) is 0 Å². The van der Waals surface area contributed by atoms with E-state index in [1.165, 1.54) is 0 Å². The van der Waals surface area contributed by atoms with Crippen LogP contribution in [0.1, 0.15) is 47.5 Å². The highest BCUT2D eigenvalue weighted by Crippen LogP contribution is 2.68. The van der Waals surface area contributed by atoms with Crippen LogP contribution in [0.2, 0.25) is 0 Å². The number of carbonyl (C=O) groups excluding carboxylic acids is 3. The molecule has 0 saturated carbocycles. The minimum atomic E-state index is -0.751. The van der Waals surface area contributed by atoms with Gasteiger partial charge in [-0.25, -0.2) is 0 Å². The van der Waals surface area contributed by atoms with Crippen molar-refractivity contribution in [1.29, 1.82) is 0 Å². The van der Waals surface area contributed by atoms with Crippen LogP contribution in [0, 0.1) is 17.3 Å². The second-order valence-electron chi connectivity index (χ2n) is 12.2. The number of halogens is 1. The monoisotopic (exact) mass is 583 g/mol. The second kappa shape index (κ2) is 10.4. The lowest BCUT2D eigenvalue weighted by molar-refractivity contribution is -0.147. The summed E-state index contributed by atoms with van der Waals surface area (Å²) in [5.74, 6) is -1.55. The average molecular weight is 585 g/mol. The van der Waals surface area contributed by atoms with Gasteiger partial charge < -0.3 is 19.8 Å². The van der Waals surface area contributed by atoms with Gasteiger partial charge in [-0.05, 0) is 32.1 Å². The molecule has 7 nitrogen and oxygen atoms in total. The first-order chi connectivity index (χ1) is 16.7. The zero-order valence-corrected chi connectivity index (χ0v) is 24.9. The van der Waals surface area contributed by atoms with Crippen molar-refractivity contribution in [2.24, 2.45) is 17.3 Å². The zero-order valence-electron chi connectivity index (χ0n) is 22.5. The number of nitrogens with zero attached hydrogens (tertiary/aromatic N) is 3. The quantitative estimate of drug-likeness (QED) is 0.315. The molecule has 3 saturated heterocycles. The average Bonchev–Trinajstić information content (AvgIpc) is 3.33. The molecule has 1 spiro atoms. The van der Waals surface area contributed by atoms with Gasteiger partial charge in [-0.1, -0.05) is 48.9 Å². The first-order valence-corrected chi connectivity index (χ1v) is 14.5. The van der Waals surface area contributed by atoms with Gasteiger partial charge in [0.05, 0.1) is 23.2 Å². The first-order valence-electron chi connectivity index (χ1n) is 12.7. The molecule has 1 N–H and O–H groups in total.